The van der Waals surface area contributed by atoms with Crippen molar-refractivity contribution in [3.8, 4) is 11.5 Å². The minimum atomic E-state index is -0.473. The molecule has 0 unspecified atom stereocenters. The molecule has 2 saturated heterocycles. The zero-order valence-electron chi connectivity index (χ0n) is 18.7. The molecule has 2 amide bonds. The maximum absolute atomic E-state index is 13.6. The molecule has 3 heterocycles. The van der Waals surface area contributed by atoms with Crippen molar-refractivity contribution in [1.29, 1.82) is 0 Å². The molecule has 1 aromatic carbocycles. The summed E-state index contributed by atoms with van der Waals surface area (Å²) in [6.45, 7) is 10.6. The average Bonchev–Trinajstić information content (AvgIpc) is 3.26. The van der Waals surface area contributed by atoms with Crippen LogP contribution >= 0.6 is 0 Å². The van der Waals surface area contributed by atoms with Gasteiger partial charge in [-0.2, -0.15) is 0 Å². The lowest BCUT2D eigenvalue weighted by Crippen LogP contribution is -2.65. The van der Waals surface area contributed by atoms with Gasteiger partial charge in [-0.1, -0.05) is 19.9 Å². The van der Waals surface area contributed by atoms with Crippen LogP contribution in [0.2, 0.25) is 0 Å². The molecule has 3 atom stereocenters. The second-order valence-electron chi connectivity index (χ2n) is 8.37. The lowest BCUT2D eigenvalue weighted by molar-refractivity contribution is -0.164. The van der Waals surface area contributed by atoms with Crippen molar-refractivity contribution in [2.75, 3.05) is 46.2 Å². The van der Waals surface area contributed by atoms with Crippen LogP contribution in [0, 0.1) is 0 Å². The molecule has 0 bridgehead atoms. The summed E-state index contributed by atoms with van der Waals surface area (Å²) in [6, 6.07) is 4.69. The van der Waals surface area contributed by atoms with Crippen LogP contribution in [-0.4, -0.2) is 84.8 Å². The van der Waals surface area contributed by atoms with E-state index in [-0.39, 0.29) is 24.6 Å². The highest BCUT2D eigenvalue weighted by Gasteiger charge is 2.45. The first kappa shape index (κ1) is 21.9. The zero-order chi connectivity index (χ0) is 22.0. The van der Waals surface area contributed by atoms with Crippen molar-refractivity contribution < 1.29 is 23.8 Å². The molecule has 8 nitrogen and oxygen atoms in total. The Hall–Kier alpha value is -2.32. The Morgan fingerprint density at radius 2 is 1.77 bits per heavy atom. The summed E-state index contributed by atoms with van der Waals surface area (Å²) in [5.74, 6) is 1.47. The van der Waals surface area contributed by atoms with Gasteiger partial charge in [-0.05, 0) is 37.5 Å². The van der Waals surface area contributed by atoms with Crippen LogP contribution in [0.1, 0.15) is 45.2 Å². The van der Waals surface area contributed by atoms with E-state index < -0.39 is 12.1 Å². The number of benzene rings is 1. The van der Waals surface area contributed by atoms with Gasteiger partial charge < -0.3 is 24.0 Å². The van der Waals surface area contributed by atoms with Crippen LogP contribution in [0.4, 0.5) is 0 Å². The average molecular weight is 432 g/mol. The van der Waals surface area contributed by atoms with E-state index in [2.05, 4.69) is 11.8 Å². The molecule has 2 fully saturated rings. The highest BCUT2D eigenvalue weighted by atomic mass is 16.7. The standard InChI is InChI=1S/C23H33N3O5/c1-4-18(17-6-7-20-21(14-17)31-15-30-20)26-19(5-2)23(28)25(16(3)22(26)27)9-8-24-10-12-29-13-11-24/h6-7,14,16,18-19H,4-5,8-13,15H2,1-3H3/t16-,18-,19+/m1/s1. The molecule has 0 N–H and O–H groups in total. The molecule has 0 spiro atoms. The van der Waals surface area contributed by atoms with Gasteiger partial charge in [0, 0.05) is 26.2 Å². The molecular formula is C23H33N3O5. The van der Waals surface area contributed by atoms with E-state index in [1.807, 2.05) is 36.9 Å². The lowest BCUT2D eigenvalue weighted by atomic mass is 9.94. The number of nitrogens with zero attached hydrogens (tertiary/aromatic N) is 3. The van der Waals surface area contributed by atoms with Gasteiger partial charge in [-0.3, -0.25) is 14.5 Å². The van der Waals surface area contributed by atoms with Crippen molar-refractivity contribution in [2.24, 2.45) is 0 Å². The Kier molecular flexibility index (Phi) is 6.67. The van der Waals surface area contributed by atoms with Gasteiger partial charge in [0.15, 0.2) is 11.5 Å². The molecule has 0 aliphatic carbocycles. The quantitative estimate of drug-likeness (QED) is 0.658. The van der Waals surface area contributed by atoms with Crippen LogP contribution < -0.4 is 9.47 Å². The van der Waals surface area contributed by atoms with Crippen LogP contribution in [0.15, 0.2) is 18.2 Å². The fraction of sp³-hybridized carbons (Fsp3) is 0.652. The molecular weight excluding hydrogens is 398 g/mol. The SMILES string of the molecule is CC[C@H](c1ccc2c(c1)OCO2)N1C(=O)[C@@H](C)N(CCN2CCOCC2)C(=O)[C@@H]1CC. The number of carbonyl (C=O) groups is 2. The molecule has 8 heteroatoms. The summed E-state index contributed by atoms with van der Waals surface area (Å²) in [4.78, 5) is 32.9. The maximum atomic E-state index is 13.6. The summed E-state index contributed by atoms with van der Waals surface area (Å²) in [5, 5.41) is 0. The Bertz CT molecular complexity index is 810. The van der Waals surface area contributed by atoms with Crippen molar-refractivity contribution in [1.82, 2.24) is 14.7 Å². The highest BCUT2D eigenvalue weighted by molar-refractivity contribution is 5.97. The summed E-state index contributed by atoms with van der Waals surface area (Å²) in [6.07, 6.45) is 1.31. The third-order valence-corrected chi connectivity index (χ3v) is 6.63. The van der Waals surface area contributed by atoms with Crippen LogP contribution in [0.5, 0.6) is 11.5 Å². The molecule has 170 valence electrons. The molecule has 0 aromatic heterocycles. The second kappa shape index (κ2) is 9.44. The summed E-state index contributed by atoms with van der Waals surface area (Å²) < 4.78 is 16.4. The Labute approximate surface area is 184 Å². The first-order chi connectivity index (χ1) is 15.0. The Balaban J connectivity index is 1.54. The van der Waals surface area contributed by atoms with Crippen LogP contribution in [0.3, 0.4) is 0 Å². The van der Waals surface area contributed by atoms with E-state index in [4.69, 9.17) is 14.2 Å². The minimum absolute atomic E-state index is 0.0120. The normalized spacial score (nSPS) is 25.3. The van der Waals surface area contributed by atoms with Crippen LogP contribution in [-0.2, 0) is 14.3 Å². The van der Waals surface area contributed by atoms with Gasteiger partial charge in [0.05, 0.1) is 19.3 Å². The van der Waals surface area contributed by atoms with E-state index in [9.17, 15) is 9.59 Å². The monoisotopic (exact) mass is 431 g/mol. The zero-order valence-corrected chi connectivity index (χ0v) is 18.7. The number of ether oxygens (including phenoxy) is 3. The third-order valence-electron chi connectivity index (χ3n) is 6.63. The second-order valence-corrected chi connectivity index (χ2v) is 8.37. The molecule has 4 rings (SSSR count). The third kappa shape index (κ3) is 4.23. The molecule has 0 saturated carbocycles. The van der Waals surface area contributed by atoms with E-state index in [1.54, 1.807) is 4.90 Å². The number of piperazine rings is 1. The fourth-order valence-corrected chi connectivity index (χ4v) is 4.84. The van der Waals surface area contributed by atoms with E-state index in [1.165, 1.54) is 0 Å². The smallest absolute Gasteiger partial charge is 0.246 e. The van der Waals surface area contributed by atoms with Gasteiger partial charge in [0.1, 0.15) is 12.1 Å². The van der Waals surface area contributed by atoms with Crippen molar-refractivity contribution in [2.45, 2.75) is 51.7 Å². The predicted molar refractivity (Wildman–Crippen MR) is 115 cm³/mol. The molecule has 3 aliphatic heterocycles. The summed E-state index contributed by atoms with van der Waals surface area (Å²) in [5.41, 5.74) is 0.973. The number of hydrogen-bond donors (Lipinski definition) is 0. The summed E-state index contributed by atoms with van der Waals surface area (Å²) in [7, 11) is 0. The lowest BCUT2D eigenvalue weighted by Gasteiger charge is -2.47. The van der Waals surface area contributed by atoms with E-state index in [0.29, 0.717) is 24.5 Å². The van der Waals surface area contributed by atoms with Gasteiger partial charge >= 0.3 is 0 Å². The van der Waals surface area contributed by atoms with Gasteiger partial charge in [0.2, 0.25) is 18.6 Å². The number of hydrogen-bond acceptors (Lipinski definition) is 6. The Morgan fingerprint density at radius 3 is 2.48 bits per heavy atom. The predicted octanol–water partition coefficient (Wildman–Crippen LogP) is 2.04. The topological polar surface area (TPSA) is 71.6 Å². The van der Waals surface area contributed by atoms with Gasteiger partial charge in [-0.25, -0.2) is 0 Å². The van der Waals surface area contributed by atoms with Crippen LogP contribution in [0.25, 0.3) is 0 Å². The Morgan fingerprint density at radius 1 is 1.03 bits per heavy atom. The highest BCUT2D eigenvalue weighted by Crippen LogP contribution is 2.38. The van der Waals surface area contributed by atoms with Crippen molar-refractivity contribution >= 4 is 11.8 Å². The number of carbonyl (C=O) groups excluding carboxylic acids is 2. The van der Waals surface area contributed by atoms with Crippen molar-refractivity contribution in [3.63, 3.8) is 0 Å². The number of morpholine rings is 1. The maximum Gasteiger partial charge on any atom is 0.246 e. The first-order valence-corrected chi connectivity index (χ1v) is 11.4. The van der Waals surface area contributed by atoms with E-state index in [0.717, 1.165) is 44.8 Å². The number of fused-ring (bicyclic) bond motifs is 1. The summed E-state index contributed by atoms with van der Waals surface area (Å²) >= 11 is 0. The fourth-order valence-electron chi connectivity index (χ4n) is 4.84. The van der Waals surface area contributed by atoms with Gasteiger partial charge in [-0.15, -0.1) is 0 Å². The molecule has 1 aromatic rings. The number of amides is 2. The number of rotatable bonds is 7. The molecule has 31 heavy (non-hydrogen) atoms. The largest absolute Gasteiger partial charge is 0.454 e. The van der Waals surface area contributed by atoms with Gasteiger partial charge in [0.25, 0.3) is 0 Å². The molecule has 3 aliphatic rings. The first-order valence-electron chi connectivity index (χ1n) is 11.4. The van der Waals surface area contributed by atoms with Crippen molar-refractivity contribution in [3.05, 3.63) is 23.8 Å². The molecule has 0 radical (unpaired) electrons. The van der Waals surface area contributed by atoms with E-state index >= 15 is 0 Å². The minimum Gasteiger partial charge on any atom is -0.454 e.